The van der Waals surface area contributed by atoms with Gasteiger partial charge in [0.05, 0.1) is 6.61 Å². The fraction of sp³-hybridized carbons (Fsp3) is 0.615. The zero-order valence-electron chi connectivity index (χ0n) is 17.7. The van der Waals surface area contributed by atoms with Crippen molar-refractivity contribution in [2.75, 3.05) is 6.61 Å². The monoisotopic (exact) mass is 368 g/mol. The minimum atomic E-state index is 0.708. The maximum absolute atomic E-state index is 6.23. The lowest BCUT2D eigenvalue weighted by atomic mass is 9.95. The quantitative estimate of drug-likeness (QED) is 0.286. The normalized spacial score (nSPS) is 12.4. The molecule has 0 radical (unpaired) electrons. The molecule has 0 saturated heterocycles. The van der Waals surface area contributed by atoms with Crippen LogP contribution in [0.2, 0.25) is 0 Å². The second-order valence-electron chi connectivity index (χ2n) is 8.09. The van der Waals surface area contributed by atoms with Crippen molar-refractivity contribution < 1.29 is 4.74 Å². The Hall–Kier alpha value is -1.50. The van der Waals surface area contributed by atoms with Gasteiger partial charge in [-0.1, -0.05) is 108 Å². The largest absolute Gasteiger partial charge is 0.493 e. The Balaban J connectivity index is 1.79. The van der Waals surface area contributed by atoms with Crippen LogP contribution in [0.25, 0.3) is 10.8 Å². The van der Waals surface area contributed by atoms with Gasteiger partial charge in [-0.05, 0) is 41.7 Å². The third kappa shape index (κ3) is 8.82. The van der Waals surface area contributed by atoms with Gasteiger partial charge in [-0.25, -0.2) is 0 Å². The lowest BCUT2D eigenvalue weighted by Gasteiger charge is -2.18. The molecule has 1 atom stereocenters. The van der Waals surface area contributed by atoms with Gasteiger partial charge < -0.3 is 4.74 Å². The molecular formula is C26H40O. The molecule has 1 heteroatoms. The van der Waals surface area contributed by atoms with Crippen molar-refractivity contribution in [3.63, 3.8) is 0 Å². The van der Waals surface area contributed by atoms with Crippen molar-refractivity contribution in [2.24, 2.45) is 5.92 Å². The summed E-state index contributed by atoms with van der Waals surface area (Å²) in [5.41, 5.74) is 0. The van der Waals surface area contributed by atoms with Crippen molar-refractivity contribution in [1.29, 1.82) is 0 Å². The average molecular weight is 369 g/mol. The van der Waals surface area contributed by atoms with Crippen LogP contribution in [0.15, 0.2) is 42.5 Å². The van der Waals surface area contributed by atoms with Crippen LogP contribution < -0.4 is 4.74 Å². The molecule has 0 spiro atoms. The van der Waals surface area contributed by atoms with Crippen molar-refractivity contribution in [2.45, 2.75) is 90.9 Å². The maximum atomic E-state index is 6.23. The molecule has 27 heavy (non-hydrogen) atoms. The number of hydrogen-bond acceptors (Lipinski definition) is 1. The number of hydrogen-bond donors (Lipinski definition) is 0. The second-order valence-corrected chi connectivity index (χ2v) is 8.09. The van der Waals surface area contributed by atoms with Crippen molar-refractivity contribution >= 4 is 10.8 Å². The molecule has 0 N–H and O–H groups in total. The molecule has 0 bridgehead atoms. The molecule has 0 amide bonds. The number of fused-ring (bicyclic) bond motifs is 1. The van der Waals surface area contributed by atoms with E-state index in [4.69, 9.17) is 4.74 Å². The fourth-order valence-electron chi connectivity index (χ4n) is 3.86. The fourth-order valence-corrected chi connectivity index (χ4v) is 3.86. The molecule has 0 fully saturated rings. The third-order valence-corrected chi connectivity index (χ3v) is 5.64. The van der Waals surface area contributed by atoms with Gasteiger partial charge in [-0.3, -0.25) is 0 Å². The molecule has 0 aliphatic heterocycles. The molecule has 2 aromatic carbocycles. The highest BCUT2D eigenvalue weighted by Gasteiger charge is 2.10. The number of rotatable bonds is 15. The summed E-state index contributed by atoms with van der Waals surface area (Å²) < 4.78 is 6.23. The van der Waals surface area contributed by atoms with Crippen LogP contribution in [0.5, 0.6) is 5.75 Å². The minimum absolute atomic E-state index is 0.708. The third-order valence-electron chi connectivity index (χ3n) is 5.64. The molecule has 0 aliphatic rings. The lowest BCUT2D eigenvalue weighted by molar-refractivity contribution is 0.224. The van der Waals surface area contributed by atoms with Gasteiger partial charge in [0.25, 0.3) is 0 Å². The summed E-state index contributed by atoms with van der Waals surface area (Å²) in [6, 6.07) is 15.0. The van der Waals surface area contributed by atoms with Gasteiger partial charge in [0.2, 0.25) is 0 Å². The van der Waals surface area contributed by atoms with E-state index in [1.807, 2.05) is 0 Å². The molecule has 1 nitrogen and oxygen atoms in total. The molecule has 2 rings (SSSR count). The Labute approximate surface area is 167 Å². The first-order chi connectivity index (χ1) is 13.3. The summed E-state index contributed by atoms with van der Waals surface area (Å²) in [5, 5.41) is 2.55. The van der Waals surface area contributed by atoms with E-state index in [2.05, 4.69) is 56.3 Å². The van der Waals surface area contributed by atoms with E-state index in [1.54, 1.807) is 0 Å². The Morgan fingerprint density at radius 1 is 0.667 bits per heavy atom. The van der Waals surface area contributed by atoms with Crippen molar-refractivity contribution in [3.8, 4) is 5.75 Å². The topological polar surface area (TPSA) is 9.23 Å². The smallest absolute Gasteiger partial charge is 0.119 e. The first-order valence-corrected chi connectivity index (χ1v) is 11.4. The number of ether oxygens (including phenoxy) is 1. The Morgan fingerprint density at radius 3 is 1.96 bits per heavy atom. The summed E-state index contributed by atoms with van der Waals surface area (Å²) in [6.07, 6.45) is 16.4. The van der Waals surface area contributed by atoms with Crippen LogP contribution in [0.1, 0.15) is 90.9 Å². The van der Waals surface area contributed by atoms with E-state index in [0.29, 0.717) is 5.92 Å². The summed E-state index contributed by atoms with van der Waals surface area (Å²) in [6.45, 7) is 5.45. The first kappa shape index (κ1) is 21.8. The number of benzene rings is 2. The van der Waals surface area contributed by atoms with E-state index in [1.165, 1.54) is 87.8 Å². The van der Waals surface area contributed by atoms with Gasteiger partial charge in [-0.15, -0.1) is 0 Å². The predicted octanol–water partition coefficient (Wildman–Crippen LogP) is 8.56. The summed E-state index contributed by atoms with van der Waals surface area (Å²) in [4.78, 5) is 0. The van der Waals surface area contributed by atoms with E-state index in [-0.39, 0.29) is 0 Å². The minimum Gasteiger partial charge on any atom is -0.493 e. The molecule has 0 aliphatic carbocycles. The lowest BCUT2D eigenvalue weighted by Crippen LogP contribution is -2.12. The van der Waals surface area contributed by atoms with Crippen LogP contribution in [0.4, 0.5) is 0 Å². The zero-order chi connectivity index (χ0) is 19.2. The Kier molecular flexibility index (Phi) is 11.0. The molecule has 1 unspecified atom stereocenters. The Bertz CT molecular complexity index is 618. The molecule has 0 saturated carbocycles. The highest BCUT2D eigenvalue weighted by atomic mass is 16.5. The van der Waals surface area contributed by atoms with Gasteiger partial charge >= 0.3 is 0 Å². The summed E-state index contributed by atoms with van der Waals surface area (Å²) in [5.74, 6) is 1.73. The van der Waals surface area contributed by atoms with Crippen LogP contribution in [-0.4, -0.2) is 6.61 Å². The second kappa shape index (κ2) is 13.6. The summed E-state index contributed by atoms with van der Waals surface area (Å²) >= 11 is 0. The standard InChI is InChI=1S/C26H40O/c1-3-5-7-9-10-12-16-23(15-11-8-6-4-2)22-27-26-20-19-24-17-13-14-18-25(24)21-26/h13-14,17-21,23H,3-12,15-16,22H2,1-2H3. The average Bonchev–Trinajstić information content (AvgIpc) is 2.71. The van der Waals surface area contributed by atoms with E-state index < -0.39 is 0 Å². The van der Waals surface area contributed by atoms with E-state index in [0.717, 1.165) is 12.4 Å². The predicted molar refractivity (Wildman–Crippen MR) is 120 cm³/mol. The van der Waals surface area contributed by atoms with E-state index in [9.17, 15) is 0 Å². The van der Waals surface area contributed by atoms with Crippen LogP contribution in [0.3, 0.4) is 0 Å². The van der Waals surface area contributed by atoms with Gasteiger partial charge in [0.1, 0.15) is 5.75 Å². The van der Waals surface area contributed by atoms with Crippen LogP contribution in [-0.2, 0) is 0 Å². The van der Waals surface area contributed by atoms with Crippen LogP contribution in [0, 0.1) is 5.92 Å². The van der Waals surface area contributed by atoms with Gasteiger partial charge in [-0.2, -0.15) is 0 Å². The highest BCUT2D eigenvalue weighted by molar-refractivity contribution is 5.83. The molecule has 150 valence electrons. The zero-order valence-corrected chi connectivity index (χ0v) is 17.7. The van der Waals surface area contributed by atoms with Crippen molar-refractivity contribution in [1.82, 2.24) is 0 Å². The molecule has 0 aromatic heterocycles. The first-order valence-electron chi connectivity index (χ1n) is 11.4. The molecule has 2 aromatic rings. The number of unbranched alkanes of at least 4 members (excludes halogenated alkanes) is 8. The highest BCUT2D eigenvalue weighted by Crippen LogP contribution is 2.24. The molecule has 0 heterocycles. The van der Waals surface area contributed by atoms with Gasteiger partial charge in [0.15, 0.2) is 0 Å². The van der Waals surface area contributed by atoms with Crippen LogP contribution >= 0.6 is 0 Å². The van der Waals surface area contributed by atoms with Crippen molar-refractivity contribution in [3.05, 3.63) is 42.5 Å². The van der Waals surface area contributed by atoms with Gasteiger partial charge in [0, 0.05) is 0 Å². The maximum Gasteiger partial charge on any atom is 0.119 e. The Morgan fingerprint density at radius 2 is 1.26 bits per heavy atom. The van der Waals surface area contributed by atoms with E-state index >= 15 is 0 Å². The SMILES string of the molecule is CCCCCCCCC(CCCCCC)COc1ccc2ccccc2c1. The summed E-state index contributed by atoms with van der Waals surface area (Å²) in [7, 11) is 0. The molecular weight excluding hydrogens is 328 g/mol.